The van der Waals surface area contributed by atoms with Gasteiger partial charge in [0.15, 0.2) is 0 Å². The molecule has 0 aliphatic carbocycles. The predicted molar refractivity (Wildman–Crippen MR) is 99.4 cm³/mol. The van der Waals surface area contributed by atoms with Crippen LogP contribution in [0.1, 0.15) is 36.0 Å². The van der Waals surface area contributed by atoms with E-state index in [2.05, 4.69) is 5.32 Å². The standard InChI is InChI=1S/C18H20N2O5S/c1-10-13(18(23)25-5)16(26-14(10)17(22)20(2)3)19-15(21)11-6-8-12(24-4)9-7-11/h6-9H,1-5H3,(H,19,21). The first-order valence-electron chi connectivity index (χ1n) is 7.68. The number of nitrogens with one attached hydrogen (secondary N) is 1. The van der Waals surface area contributed by atoms with Gasteiger partial charge in [-0.1, -0.05) is 0 Å². The maximum atomic E-state index is 12.5. The van der Waals surface area contributed by atoms with Gasteiger partial charge in [0, 0.05) is 19.7 Å². The molecule has 0 bridgehead atoms. The molecular weight excluding hydrogens is 356 g/mol. The van der Waals surface area contributed by atoms with E-state index in [1.54, 1.807) is 45.3 Å². The van der Waals surface area contributed by atoms with Crippen LogP contribution in [0.5, 0.6) is 5.75 Å². The zero-order valence-corrected chi connectivity index (χ0v) is 16.0. The van der Waals surface area contributed by atoms with E-state index >= 15 is 0 Å². The van der Waals surface area contributed by atoms with Crippen LogP contribution in [0.3, 0.4) is 0 Å². The van der Waals surface area contributed by atoms with Crippen LogP contribution in [0.15, 0.2) is 24.3 Å². The minimum Gasteiger partial charge on any atom is -0.497 e. The van der Waals surface area contributed by atoms with Crippen molar-refractivity contribution in [3.63, 3.8) is 0 Å². The smallest absolute Gasteiger partial charge is 0.341 e. The summed E-state index contributed by atoms with van der Waals surface area (Å²) < 4.78 is 9.87. The molecule has 1 aromatic carbocycles. The number of hydrogen-bond donors (Lipinski definition) is 1. The number of hydrogen-bond acceptors (Lipinski definition) is 6. The average Bonchev–Trinajstić information content (AvgIpc) is 2.96. The molecule has 2 rings (SSSR count). The van der Waals surface area contributed by atoms with Crippen molar-refractivity contribution in [2.45, 2.75) is 6.92 Å². The number of nitrogens with zero attached hydrogens (tertiary/aromatic N) is 1. The quantitative estimate of drug-likeness (QED) is 0.811. The number of ether oxygens (including phenoxy) is 2. The number of methoxy groups -OCH3 is 2. The van der Waals surface area contributed by atoms with Crippen LogP contribution in [-0.2, 0) is 4.74 Å². The molecule has 7 nitrogen and oxygen atoms in total. The van der Waals surface area contributed by atoms with Crippen LogP contribution in [0.4, 0.5) is 5.00 Å². The number of amides is 2. The van der Waals surface area contributed by atoms with Crippen LogP contribution < -0.4 is 10.1 Å². The Labute approximate surface area is 155 Å². The van der Waals surface area contributed by atoms with E-state index in [4.69, 9.17) is 9.47 Å². The zero-order valence-electron chi connectivity index (χ0n) is 15.2. The number of benzene rings is 1. The number of carbonyl (C=O) groups is 3. The third-order valence-corrected chi connectivity index (χ3v) is 4.91. The highest BCUT2D eigenvalue weighted by Gasteiger charge is 2.27. The summed E-state index contributed by atoms with van der Waals surface area (Å²) in [6, 6.07) is 6.55. The minimum atomic E-state index is -0.610. The number of thiophene rings is 1. The molecule has 2 aromatic rings. The molecule has 0 saturated carbocycles. The summed E-state index contributed by atoms with van der Waals surface area (Å²) in [4.78, 5) is 38.8. The van der Waals surface area contributed by atoms with Crippen molar-refractivity contribution >= 4 is 34.1 Å². The highest BCUT2D eigenvalue weighted by Crippen LogP contribution is 2.34. The zero-order chi connectivity index (χ0) is 19.4. The van der Waals surface area contributed by atoms with Crippen LogP contribution in [-0.4, -0.2) is 51.0 Å². The lowest BCUT2D eigenvalue weighted by Crippen LogP contribution is -2.21. The summed E-state index contributed by atoms with van der Waals surface area (Å²) in [6.07, 6.45) is 0. The molecule has 0 unspecified atom stereocenters. The molecule has 2 amide bonds. The summed E-state index contributed by atoms with van der Waals surface area (Å²) in [5.41, 5.74) is 1.06. The topological polar surface area (TPSA) is 84.9 Å². The largest absolute Gasteiger partial charge is 0.497 e. The van der Waals surface area contributed by atoms with Crippen molar-refractivity contribution in [1.82, 2.24) is 4.90 Å². The summed E-state index contributed by atoms with van der Waals surface area (Å²) in [5, 5.41) is 2.98. The molecule has 0 atom stereocenters. The minimum absolute atomic E-state index is 0.185. The Bertz CT molecular complexity index is 840. The summed E-state index contributed by atoms with van der Waals surface area (Å²) in [7, 11) is 6.03. The Balaban J connectivity index is 2.40. The van der Waals surface area contributed by atoms with E-state index in [9.17, 15) is 14.4 Å². The normalized spacial score (nSPS) is 10.2. The molecule has 0 fully saturated rings. The molecule has 0 saturated heterocycles. The molecule has 1 aromatic heterocycles. The van der Waals surface area contributed by atoms with Gasteiger partial charge in [0.25, 0.3) is 11.8 Å². The van der Waals surface area contributed by atoms with Crippen LogP contribution in [0, 0.1) is 6.92 Å². The molecule has 1 heterocycles. The van der Waals surface area contributed by atoms with E-state index in [0.717, 1.165) is 11.3 Å². The third-order valence-electron chi connectivity index (χ3n) is 3.72. The average molecular weight is 376 g/mol. The molecule has 8 heteroatoms. The Morgan fingerprint density at radius 3 is 2.19 bits per heavy atom. The molecule has 0 spiro atoms. The Kier molecular flexibility index (Phi) is 5.99. The van der Waals surface area contributed by atoms with Gasteiger partial charge in [-0.05, 0) is 36.8 Å². The van der Waals surface area contributed by atoms with E-state index < -0.39 is 11.9 Å². The lowest BCUT2D eigenvalue weighted by atomic mass is 10.1. The first-order valence-corrected chi connectivity index (χ1v) is 8.50. The van der Waals surface area contributed by atoms with Crippen LogP contribution >= 0.6 is 11.3 Å². The highest BCUT2D eigenvalue weighted by atomic mass is 32.1. The number of esters is 1. The van der Waals surface area contributed by atoms with Gasteiger partial charge in [-0.15, -0.1) is 11.3 Å². The summed E-state index contributed by atoms with van der Waals surface area (Å²) in [6.45, 7) is 1.66. The van der Waals surface area contributed by atoms with E-state index in [1.165, 1.54) is 19.1 Å². The predicted octanol–water partition coefficient (Wildman–Crippen LogP) is 2.81. The molecule has 1 N–H and O–H groups in total. The maximum absolute atomic E-state index is 12.5. The Morgan fingerprint density at radius 1 is 1.08 bits per heavy atom. The van der Waals surface area contributed by atoms with Crippen LogP contribution in [0.2, 0.25) is 0 Å². The van der Waals surface area contributed by atoms with Crippen molar-refractivity contribution in [1.29, 1.82) is 0 Å². The maximum Gasteiger partial charge on any atom is 0.341 e. The number of anilines is 1. The first kappa shape index (κ1) is 19.5. The first-order chi connectivity index (χ1) is 12.3. The summed E-state index contributed by atoms with van der Waals surface area (Å²) >= 11 is 1.05. The molecule has 0 aliphatic rings. The SMILES string of the molecule is COC(=O)c1c(NC(=O)c2ccc(OC)cc2)sc(C(=O)N(C)C)c1C. The molecule has 26 heavy (non-hydrogen) atoms. The lowest BCUT2D eigenvalue weighted by molar-refractivity contribution is 0.0601. The Hall–Kier alpha value is -2.87. The van der Waals surface area contributed by atoms with Crippen molar-refractivity contribution in [3.8, 4) is 5.75 Å². The molecular formula is C18H20N2O5S. The van der Waals surface area contributed by atoms with Crippen LogP contribution in [0.25, 0.3) is 0 Å². The second-order valence-electron chi connectivity index (χ2n) is 5.63. The van der Waals surface area contributed by atoms with Gasteiger partial charge in [0.1, 0.15) is 10.8 Å². The van der Waals surface area contributed by atoms with Gasteiger partial charge in [0.05, 0.1) is 24.7 Å². The second kappa shape index (κ2) is 8.01. The lowest BCUT2D eigenvalue weighted by Gasteiger charge is -2.08. The summed E-state index contributed by atoms with van der Waals surface area (Å²) in [5.74, 6) is -0.630. The third kappa shape index (κ3) is 3.85. The van der Waals surface area contributed by atoms with Crippen molar-refractivity contribution in [2.24, 2.45) is 0 Å². The molecule has 138 valence electrons. The van der Waals surface area contributed by atoms with Crippen molar-refractivity contribution in [3.05, 3.63) is 45.8 Å². The Morgan fingerprint density at radius 2 is 1.69 bits per heavy atom. The second-order valence-corrected chi connectivity index (χ2v) is 6.65. The highest BCUT2D eigenvalue weighted by molar-refractivity contribution is 7.18. The fourth-order valence-corrected chi connectivity index (χ4v) is 3.49. The van der Waals surface area contributed by atoms with Gasteiger partial charge in [-0.3, -0.25) is 9.59 Å². The van der Waals surface area contributed by atoms with Gasteiger partial charge in [0.2, 0.25) is 0 Å². The molecule has 0 radical (unpaired) electrons. The van der Waals surface area contributed by atoms with Gasteiger partial charge >= 0.3 is 5.97 Å². The fraction of sp³-hybridized carbons (Fsp3) is 0.278. The van der Waals surface area contributed by atoms with Gasteiger partial charge in [-0.2, -0.15) is 0 Å². The fourth-order valence-electron chi connectivity index (χ4n) is 2.27. The number of rotatable bonds is 5. The number of carbonyl (C=O) groups excluding carboxylic acids is 3. The van der Waals surface area contributed by atoms with Gasteiger partial charge in [-0.25, -0.2) is 4.79 Å². The monoisotopic (exact) mass is 376 g/mol. The van der Waals surface area contributed by atoms with E-state index in [-0.39, 0.29) is 16.5 Å². The van der Waals surface area contributed by atoms with E-state index in [0.29, 0.717) is 21.8 Å². The molecule has 0 aliphatic heterocycles. The van der Waals surface area contributed by atoms with Gasteiger partial charge < -0.3 is 19.7 Å². The van der Waals surface area contributed by atoms with Crippen molar-refractivity contribution < 1.29 is 23.9 Å². The van der Waals surface area contributed by atoms with E-state index in [1.807, 2.05) is 0 Å². The van der Waals surface area contributed by atoms with Crippen molar-refractivity contribution in [2.75, 3.05) is 33.6 Å².